The molecule has 0 bridgehead atoms. The summed E-state index contributed by atoms with van der Waals surface area (Å²) >= 11 is 1.75. The predicted molar refractivity (Wildman–Crippen MR) is 91.9 cm³/mol. The fraction of sp³-hybridized carbons (Fsp3) is 0.105. The van der Waals surface area contributed by atoms with Gasteiger partial charge in [-0.05, 0) is 35.6 Å². The van der Waals surface area contributed by atoms with Crippen LogP contribution in [0.4, 0.5) is 0 Å². The Morgan fingerprint density at radius 3 is 2.64 bits per heavy atom. The van der Waals surface area contributed by atoms with Crippen molar-refractivity contribution in [1.29, 1.82) is 0 Å². The molecule has 110 valence electrons. The van der Waals surface area contributed by atoms with E-state index in [1.54, 1.807) is 18.3 Å². The maximum absolute atomic E-state index is 11.4. The summed E-state index contributed by atoms with van der Waals surface area (Å²) in [5.74, 6) is -0.351. The van der Waals surface area contributed by atoms with Crippen LogP contribution in [0.3, 0.4) is 0 Å². The van der Waals surface area contributed by atoms with E-state index in [4.69, 9.17) is 4.74 Å². The molecule has 3 heteroatoms. The van der Waals surface area contributed by atoms with Crippen molar-refractivity contribution in [3.05, 3.63) is 72.3 Å². The average molecular weight is 308 g/mol. The van der Waals surface area contributed by atoms with Gasteiger partial charge in [-0.2, -0.15) is 0 Å². The third-order valence-corrected chi connectivity index (χ3v) is 4.51. The highest BCUT2D eigenvalue weighted by molar-refractivity contribution is 7.22. The molecule has 0 fully saturated rings. The lowest BCUT2D eigenvalue weighted by Gasteiger charge is -2.04. The Morgan fingerprint density at radius 1 is 1.14 bits per heavy atom. The third-order valence-electron chi connectivity index (χ3n) is 3.36. The molecule has 22 heavy (non-hydrogen) atoms. The Labute approximate surface area is 133 Å². The highest BCUT2D eigenvalue weighted by Gasteiger charge is 2.07. The predicted octanol–water partition coefficient (Wildman–Crippen LogP) is 5.19. The zero-order chi connectivity index (χ0) is 15.5. The zero-order valence-electron chi connectivity index (χ0n) is 12.3. The molecule has 2 aromatic carbocycles. The molecule has 0 aliphatic heterocycles. The highest BCUT2D eigenvalue weighted by Crippen LogP contribution is 2.33. The topological polar surface area (TPSA) is 26.3 Å². The van der Waals surface area contributed by atoms with Crippen LogP contribution in [0.25, 0.3) is 20.5 Å². The monoisotopic (exact) mass is 308 g/mol. The van der Waals surface area contributed by atoms with E-state index < -0.39 is 0 Å². The first-order chi connectivity index (χ1) is 10.6. The fourth-order valence-corrected chi connectivity index (χ4v) is 3.31. The van der Waals surface area contributed by atoms with Gasteiger partial charge in [0.2, 0.25) is 0 Å². The van der Waals surface area contributed by atoms with Gasteiger partial charge < -0.3 is 4.74 Å². The first-order valence-corrected chi connectivity index (χ1v) is 7.85. The lowest BCUT2D eigenvalue weighted by atomic mass is 10.1. The second-order valence-electron chi connectivity index (χ2n) is 5.21. The SMILES string of the molecule is C=C(C)C(=O)OCc1ccc2cc(-c3ccccc3)sc2c1. The number of benzene rings is 2. The van der Waals surface area contributed by atoms with Crippen LogP contribution in [-0.4, -0.2) is 5.97 Å². The molecular weight excluding hydrogens is 292 g/mol. The summed E-state index contributed by atoms with van der Waals surface area (Å²) < 4.78 is 6.39. The van der Waals surface area contributed by atoms with Gasteiger partial charge in [-0.25, -0.2) is 4.79 Å². The number of rotatable bonds is 4. The molecule has 1 aromatic heterocycles. The molecule has 0 atom stereocenters. The number of carbonyl (C=O) groups is 1. The van der Waals surface area contributed by atoms with E-state index in [1.165, 1.54) is 20.5 Å². The van der Waals surface area contributed by atoms with Crippen molar-refractivity contribution in [1.82, 2.24) is 0 Å². The Morgan fingerprint density at radius 2 is 1.91 bits per heavy atom. The maximum atomic E-state index is 11.4. The molecule has 0 aliphatic carbocycles. The minimum Gasteiger partial charge on any atom is -0.457 e. The van der Waals surface area contributed by atoms with Gasteiger partial charge in [-0.15, -0.1) is 11.3 Å². The lowest BCUT2D eigenvalue weighted by molar-refractivity contribution is -0.140. The van der Waals surface area contributed by atoms with Crippen LogP contribution in [0.5, 0.6) is 0 Å². The van der Waals surface area contributed by atoms with Crippen LogP contribution in [0.1, 0.15) is 12.5 Å². The summed E-state index contributed by atoms with van der Waals surface area (Å²) in [5.41, 5.74) is 2.63. The normalized spacial score (nSPS) is 10.6. The van der Waals surface area contributed by atoms with Gasteiger partial charge in [0.1, 0.15) is 6.61 Å². The standard InChI is InChI=1S/C19H16O2S/c1-13(2)19(20)21-12-14-8-9-16-11-18(22-17(16)10-14)15-6-4-3-5-7-15/h3-11H,1,12H2,2H3. The number of thiophene rings is 1. The summed E-state index contributed by atoms with van der Waals surface area (Å²) in [6.45, 7) is 5.51. The molecule has 0 radical (unpaired) electrons. The van der Waals surface area contributed by atoms with Gasteiger partial charge in [0.15, 0.2) is 0 Å². The van der Waals surface area contributed by atoms with E-state index in [1.807, 2.05) is 24.3 Å². The van der Waals surface area contributed by atoms with Gasteiger partial charge in [-0.3, -0.25) is 0 Å². The van der Waals surface area contributed by atoms with Crippen molar-refractivity contribution in [3.8, 4) is 10.4 Å². The fourth-order valence-electron chi connectivity index (χ4n) is 2.18. The largest absolute Gasteiger partial charge is 0.457 e. The average Bonchev–Trinajstić information content (AvgIpc) is 2.96. The molecule has 0 spiro atoms. The smallest absolute Gasteiger partial charge is 0.333 e. The molecule has 0 amide bonds. The molecule has 0 N–H and O–H groups in total. The molecule has 1 heterocycles. The molecule has 0 aliphatic rings. The minimum absolute atomic E-state index is 0.278. The summed E-state index contributed by atoms with van der Waals surface area (Å²) in [6.07, 6.45) is 0. The zero-order valence-corrected chi connectivity index (χ0v) is 13.2. The van der Waals surface area contributed by atoms with Gasteiger partial charge in [0.05, 0.1) is 0 Å². The molecule has 3 aromatic rings. The second kappa shape index (κ2) is 6.16. The van der Waals surface area contributed by atoms with E-state index in [0.717, 1.165) is 5.56 Å². The van der Waals surface area contributed by atoms with Crippen molar-refractivity contribution in [2.24, 2.45) is 0 Å². The number of fused-ring (bicyclic) bond motifs is 1. The third kappa shape index (κ3) is 3.10. The number of carbonyl (C=O) groups excluding carboxylic acids is 1. The summed E-state index contributed by atoms with van der Waals surface area (Å²) in [6, 6.07) is 18.7. The van der Waals surface area contributed by atoms with Crippen molar-refractivity contribution in [2.75, 3.05) is 0 Å². The molecule has 0 saturated carbocycles. The van der Waals surface area contributed by atoms with Crippen LogP contribution in [0.15, 0.2) is 66.7 Å². The van der Waals surface area contributed by atoms with Crippen LogP contribution in [-0.2, 0) is 16.1 Å². The van der Waals surface area contributed by atoms with Crippen molar-refractivity contribution >= 4 is 27.4 Å². The van der Waals surface area contributed by atoms with Gasteiger partial charge in [-0.1, -0.05) is 49.0 Å². The van der Waals surface area contributed by atoms with Crippen molar-refractivity contribution in [2.45, 2.75) is 13.5 Å². The van der Waals surface area contributed by atoms with Crippen molar-refractivity contribution in [3.63, 3.8) is 0 Å². The number of ether oxygens (including phenoxy) is 1. The van der Waals surface area contributed by atoms with E-state index in [0.29, 0.717) is 5.57 Å². The first-order valence-electron chi connectivity index (χ1n) is 7.04. The van der Waals surface area contributed by atoms with Gasteiger partial charge >= 0.3 is 5.97 Å². The van der Waals surface area contributed by atoms with E-state index in [-0.39, 0.29) is 12.6 Å². The van der Waals surface area contributed by atoms with Crippen LogP contribution in [0.2, 0.25) is 0 Å². The van der Waals surface area contributed by atoms with Crippen molar-refractivity contribution < 1.29 is 9.53 Å². The molecule has 2 nitrogen and oxygen atoms in total. The minimum atomic E-state index is -0.351. The maximum Gasteiger partial charge on any atom is 0.333 e. The van der Waals surface area contributed by atoms with Gasteiger partial charge in [0.25, 0.3) is 0 Å². The molecular formula is C19H16O2S. The Balaban J connectivity index is 1.84. The van der Waals surface area contributed by atoms with Crippen LogP contribution in [0, 0.1) is 0 Å². The van der Waals surface area contributed by atoms with E-state index in [2.05, 4.69) is 36.9 Å². The molecule has 0 saturated heterocycles. The second-order valence-corrected chi connectivity index (χ2v) is 6.29. The molecule has 3 rings (SSSR count). The Bertz CT molecular complexity index is 831. The summed E-state index contributed by atoms with van der Waals surface area (Å²) in [7, 11) is 0. The van der Waals surface area contributed by atoms with E-state index >= 15 is 0 Å². The van der Waals surface area contributed by atoms with Crippen LogP contribution < -0.4 is 0 Å². The Hall–Kier alpha value is -2.39. The Kier molecular flexibility index (Phi) is 4.07. The quantitative estimate of drug-likeness (QED) is 0.490. The van der Waals surface area contributed by atoms with Crippen LogP contribution >= 0.6 is 11.3 Å². The first kappa shape index (κ1) is 14.5. The summed E-state index contributed by atoms with van der Waals surface area (Å²) in [5, 5.41) is 1.21. The number of hydrogen-bond acceptors (Lipinski definition) is 3. The summed E-state index contributed by atoms with van der Waals surface area (Å²) in [4.78, 5) is 12.7. The number of esters is 1. The molecule has 0 unspecified atom stereocenters. The highest BCUT2D eigenvalue weighted by atomic mass is 32.1. The van der Waals surface area contributed by atoms with E-state index in [9.17, 15) is 4.79 Å². The number of hydrogen-bond donors (Lipinski definition) is 0. The lowest BCUT2D eigenvalue weighted by Crippen LogP contribution is -2.04. The van der Waals surface area contributed by atoms with Gasteiger partial charge in [0, 0.05) is 15.2 Å².